The van der Waals surface area contributed by atoms with Gasteiger partial charge in [-0.25, -0.2) is 4.79 Å². The minimum atomic E-state index is -1.26. The van der Waals surface area contributed by atoms with Gasteiger partial charge in [-0.1, -0.05) is 6.42 Å². The van der Waals surface area contributed by atoms with Crippen molar-refractivity contribution in [3.63, 3.8) is 0 Å². The predicted octanol–water partition coefficient (Wildman–Crippen LogP) is 0.807. The van der Waals surface area contributed by atoms with Crippen LogP contribution in [0.15, 0.2) is 0 Å². The molecule has 0 aliphatic carbocycles. The molecule has 0 aromatic heterocycles. The number of carbonyl (C=O) groups is 3. The van der Waals surface area contributed by atoms with Crippen molar-refractivity contribution in [1.29, 1.82) is 0 Å². The lowest BCUT2D eigenvalue weighted by molar-refractivity contribution is -0.158. The van der Waals surface area contributed by atoms with Crippen LogP contribution >= 0.6 is 0 Å². The first-order valence-corrected chi connectivity index (χ1v) is 7.10. The fourth-order valence-electron chi connectivity index (χ4n) is 1.62. The van der Waals surface area contributed by atoms with E-state index in [0.717, 1.165) is 12.8 Å². The lowest BCUT2D eigenvalue weighted by atomic mass is 10.1. The number of aliphatic carboxylic acids is 1. The van der Waals surface area contributed by atoms with Crippen LogP contribution in [0.3, 0.4) is 0 Å². The number of hydrogen-bond donors (Lipinski definition) is 3. The van der Waals surface area contributed by atoms with E-state index in [9.17, 15) is 14.4 Å². The molecule has 0 radical (unpaired) electrons. The molecule has 0 aromatic rings. The van der Waals surface area contributed by atoms with Gasteiger partial charge in [0, 0.05) is 6.42 Å². The Morgan fingerprint density at radius 2 is 1.81 bits per heavy atom. The van der Waals surface area contributed by atoms with E-state index < -0.39 is 23.6 Å². The third-order valence-corrected chi connectivity index (χ3v) is 2.53. The first kappa shape index (κ1) is 19.4. The van der Waals surface area contributed by atoms with Crippen molar-refractivity contribution in [2.45, 2.75) is 64.5 Å². The van der Waals surface area contributed by atoms with E-state index in [2.05, 4.69) is 5.32 Å². The van der Waals surface area contributed by atoms with E-state index in [-0.39, 0.29) is 18.7 Å². The van der Waals surface area contributed by atoms with Crippen molar-refractivity contribution in [3.8, 4) is 0 Å². The molecule has 1 atom stereocenters. The standard InChI is InChI=1S/C14H26N2O5/c1-14(2,3)21-12(18)9-10(13(19)20)16-11(17)7-5-4-6-8-15/h10H,4-9,15H2,1-3H3,(H,16,17)(H,19,20)/t10-/m0/s1. The van der Waals surface area contributed by atoms with Gasteiger partial charge in [-0.15, -0.1) is 0 Å². The molecule has 0 saturated heterocycles. The zero-order chi connectivity index (χ0) is 16.5. The van der Waals surface area contributed by atoms with Gasteiger partial charge in [-0.2, -0.15) is 0 Å². The normalized spacial score (nSPS) is 12.6. The van der Waals surface area contributed by atoms with Gasteiger partial charge in [0.05, 0.1) is 6.42 Å². The highest BCUT2D eigenvalue weighted by Crippen LogP contribution is 2.09. The Bertz CT molecular complexity index is 363. The van der Waals surface area contributed by atoms with Crippen molar-refractivity contribution >= 4 is 17.8 Å². The molecule has 0 aliphatic heterocycles. The molecule has 0 heterocycles. The topological polar surface area (TPSA) is 119 Å². The van der Waals surface area contributed by atoms with Crippen molar-refractivity contribution in [2.24, 2.45) is 5.73 Å². The van der Waals surface area contributed by atoms with Gasteiger partial charge < -0.3 is 20.9 Å². The lowest BCUT2D eigenvalue weighted by Gasteiger charge is -2.21. The number of carbonyl (C=O) groups excluding carboxylic acids is 2. The average Bonchev–Trinajstić information content (AvgIpc) is 2.31. The summed E-state index contributed by atoms with van der Waals surface area (Å²) >= 11 is 0. The highest BCUT2D eigenvalue weighted by atomic mass is 16.6. The number of carboxylic acid groups (broad SMARTS) is 1. The van der Waals surface area contributed by atoms with Crippen LogP contribution in [0, 0.1) is 0 Å². The number of ether oxygens (including phenoxy) is 1. The molecule has 7 heteroatoms. The van der Waals surface area contributed by atoms with Gasteiger partial charge in [0.25, 0.3) is 0 Å². The average molecular weight is 302 g/mol. The van der Waals surface area contributed by atoms with E-state index in [1.54, 1.807) is 20.8 Å². The van der Waals surface area contributed by atoms with Crippen LogP contribution < -0.4 is 11.1 Å². The second-order valence-electron chi connectivity index (χ2n) is 5.85. The molecule has 4 N–H and O–H groups in total. The Labute approximate surface area is 125 Å². The molecule has 0 fully saturated rings. The van der Waals surface area contributed by atoms with Crippen LogP contribution in [0.2, 0.25) is 0 Å². The van der Waals surface area contributed by atoms with Crippen LogP contribution in [0.1, 0.15) is 52.9 Å². The third kappa shape index (κ3) is 10.8. The van der Waals surface area contributed by atoms with Gasteiger partial charge in [0.1, 0.15) is 11.6 Å². The number of amides is 1. The molecule has 0 aromatic carbocycles. The Morgan fingerprint density at radius 3 is 2.29 bits per heavy atom. The largest absolute Gasteiger partial charge is 0.480 e. The first-order chi connectivity index (χ1) is 9.65. The molecular weight excluding hydrogens is 276 g/mol. The SMILES string of the molecule is CC(C)(C)OC(=O)C[C@H](NC(=O)CCCCCN)C(=O)O. The van der Waals surface area contributed by atoms with Crippen molar-refractivity contribution in [1.82, 2.24) is 5.32 Å². The second-order valence-corrected chi connectivity index (χ2v) is 5.85. The Hall–Kier alpha value is -1.63. The summed E-state index contributed by atoms with van der Waals surface area (Å²) in [6, 6.07) is -1.26. The van der Waals surface area contributed by atoms with Crippen molar-refractivity contribution in [2.75, 3.05) is 6.54 Å². The van der Waals surface area contributed by atoms with Crippen LogP contribution in [0.5, 0.6) is 0 Å². The van der Waals surface area contributed by atoms with E-state index in [1.807, 2.05) is 0 Å². The number of carboxylic acids is 1. The van der Waals surface area contributed by atoms with Gasteiger partial charge in [0.15, 0.2) is 0 Å². The molecule has 0 spiro atoms. The van der Waals surface area contributed by atoms with Crippen LogP contribution in [-0.2, 0) is 19.1 Å². The van der Waals surface area contributed by atoms with Crippen molar-refractivity contribution < 1.29 is 24.2 Å². The van der Waals surface area contributed by atoms with Crippen LogP contribution in [0.4, 0.5) is 0 Å². The first-order valence-electron chi connectivity index (χ1n) is 7.10. The van der Waals surface area contributed by atoms with Gasteiger partial charge in [-0.05, 0) is 40.2 Å². The van der Waals surface area contributed by atoms with Gasteiger partial charge in [0.2, 0.25) is 5.91 Å². The molecule has 1 amide bonds. The molecular formula is C14H26N2O5. The number of hydrogen-bond acceptors (Lipinski definition) is 5. The summed E-state index contributed by atoms with van der Waals surface area (Å²) in [5.41, 5.74) is 4.65. The summed E-state index contributed by atoms with van der Waals surface area (Å²) in [7, 11) is 0. The fraction of sp³-hybridized carbons (Fsp3) is 0.786. The summed E-state index contributed by atoms with van der Waals surface area (Å²) in [5, 5.41) is 11.4. The minimum absolute atomic E-state index is 0.220. The fourth-order valence-corrected chi connectivity index (χ4v) is 1.62. The Morgan fingerprint density at radius 1 is 1.19 bits per heavy atom. The van der Waals surface area contributed by atoms with Crippen molar-refractivity contribution in [3.05, 3.63) is 0 Å². The molecule has 21 heavy (non-hydrogen) atoms. The summed E-state index contributed by atoms with van der Waals surface area (Å²) < 4.78 is 5.05. The lowest BCUT2D eigenvalue weighted by Crippen LogP contribution is -2.43. The predicted molar refractivity (Wildman–Crippen MR) is 77.6 cm³/mol. The number of nitrogens with two attached hydrogens (primary N) is 1. The van der Waals surface area contributed by atoms with Gasteiger partial charge in [-0.3, -0.25) is 9.59 Å². The van der Waals surface area contributed by atoms with E-state index in [1.165, 1.54) is 0 Å². The monoisotopic (exact) mass is 302 g/mol. The molecule has 122 valence electrons. The summed E-state index contributed by atoms with van der Waals surface area (Å²) in [4.78, 5) is 34.3. The molecule has 7 nitrogen and oxygen atoms in total. The Kier molecular flexibility index (Phi) is 8.61. The van der Waals surface area contributed by atoms with Crippen LogP contribution in [-0.4, -0.2) is 41.1 Å². The summed E-state index contributed by atoms with van der Waals surface area (Å²) in [6.07, 6.45) is 2.11. The summed E-state index contributed by atoms with van der Waals surface area (Å²) in [5.74, 6) is -2.29. The zero-order valence-electron chi connectivity index (χ0n) is 13.0. The molecule has 0 bridgehead atoms. The molecule has 0 saturated carbocycles. The molecule has 0 unspecified atom stereocenters. The third-order valence-electron chi connectivity index (χ3n) is 2.53. The smallest absolute Gasteiger partial charge is 0.326 e. The number of esters is 1. The maximum Gasteiger partial charge on any atom is 0.326 e. The number of rotatable bonds is 9. The van der Waals surface area contributed by atoms with E-state index >= 15 is 0 Å². The van der Waals surface area contributed by atoms with E-state index in [0.29, 0.717) is 13.0 Å². The number of unbranched alkanes of at least 4 members (excludes halogenated alkanes) is 2. The van der Waals surface area contributed by atoms with Gasteiger partial charge >= 0.3 is 11.9 Å². The minimum Gasteiger partial charge on any atom is -0.480 e. The zero-order valence-corrected chi connectivity index (χ0v) is 13.0. The van der Waals surface area contributed by atoms with E-state index in [4.69, 9.17) is 15.6 Å². The maximum absolute atomic E-state index is 11.6. The highest BCUT2D eigenvalue weighted by Gasteiger charge is 2.26. The molecule has 0 rings (SSSR count). The maximum atomic E-state index is 11.6. The molecule has 0 aliphatic rings. The van der Waals surface area contributed by atoms with Crippen LogP contribution in [0.25, 0.3) is 0 Å². The number of nitrogens with one attached hydrogen (secondary N) is 1. The second kappa shape index (κ2) is 9.33. The highest BCUT2D eigenvalue weighted by molar-refractivity contribution is 5.87. The quantitative estimate of drug-likeness (QED) is 0.428. The summed E-state index contributed by atoms with van der Waals surface area (Å²) in [6.45, 7) is 5.64. The Balaban J connectivity index is 4.27.